The highest BCUT2D eigenvalue weighted by molar-refractivity contribution is 6.32. The average molecular weight is 523 g/mol. The first-order valence-corrected chi connectivity index (χ1v) is 11.8. The summed E-state index contributed by atoms with van der Waals surface area (Å²) in [5, 5.41) is -0.369. The molecule has 1 saturated carbocycles. The highest BCUT2D eigenvalue weighted by atomic mass is 35.5. The molecule has 35 heavy (non-hydrogen) atoms. The topological polar surface area (TPSA) is 9.23 Å². The molecule has 0 amide bonds. The fraction of sp³-hybridized carbons (Fsp3) is 0.462. The van der Waals surface area contributed by atoms with Gasteiger partial charge in [-0.05, 0) is 78.8 Å². The van der Waals surface area contributed by atoms with Crippen molar-refractivity contribution in [2.45, 2.75) is 69.8 Å². The van der Waals surface area contributed by atoms with E-state index in [1.165, 1.54) is 12.1 Å². The van der Waals surface area contributed by atoms with E-state index in [1.807, 2.05) is 18.2 Å². The number of ether oxygens (including phenoxy) is 1. The van der Waals surface area contributed by atoms with Gasteiger partial charge in [-0.3, -0.25) is 0 Å². The number of halogens is 8. The Balaban J connectivity index is 1.58. The molecule has 1 aliphatic carbocycles. The van der Waals surface area contributed by atoms with E-state index in [-0.39, 0.29) is 22.7 Å². The lowest BCUT2D eigenvalue weighted by molar-refractivity contribution is -0.304. The third-order valence-corrected chi connectivity index (χ3v) is 6.46. The highest BCUT2D eigenvalue weighted by Crippen LogP contribution is 2.40. The third kappa shape index (κ3) is 7.15. The molecule has 1 atom stereocenters. The standard InChI is InChI=1S/C26H26ClF7O/c1-2-3-17-8-12-20(22(28)15-17)19-10-6-16(7-11-19)4-5-18-9-13-23(21(27)14-18)35-26(33,34)24(29)25(30,31)32/h4-5,8-9,12-16,19,24H,2-3,6-7,10-11H2,1H3. The van der Waals surface area contributed by atoms with Crippen molar-refractivity contribution in [3.8, 4) is 5.75 Å². The van der Waals surface area contributed by atoms with Gasteiger partial charge in [0.15, 0.2) is 0 Å². The molecule has 0 N–H and O–H groups in total. The number of benzene rings is 2. The van der Waals surface area contributed by atoms with Gasteiger partial charge in [-0.2, -0.15) is 22.0 Å². The maximum atomic E-state index is 14.5. The highest BCUT2D eigenvalue weighted by Gasteiger charge is 2.59. The Morgan fingerprint density at radius 3 is 2.29 bits per heavy atom. The minimum atomic E-state index is -5.78. The average Bonchev–Trinajstić information content (AvgIpc) is 2.79. The van der Waals surface area contributed by atoms with E-state index >= 15 is 0 Å². The summed E-state index contributed by atoms with van der Waals surface area (Å²) in [6.45, 7) is 2.05. The maximum absolute atomic E-state index is 14.5. The van der Waals surface area contributed by atoms with Crippen LogP contribution in [0.3, 0.4) is 0 Å². The van der Waals surface area contributed by atoms with Crippen molar-refractivity contribution in [1.29, 1.82) is 0 Å². The summed E-state index contributed by atoms with van der Waals surface area (Å²) in [6.07, 6.45) is -6.57. The van der Waals surface area contributed by atoms with E-state index in [0.29, 0.717) is 5.56 Å². The first-order chi connectivity index (χ1) is 16.4. The lowest BCUT2D eigenvalue weighted by Crippen LogP contribution is -2.45. The third-order valence-electron chi connectivity index (χ3n) is 6.16. The predicted molar refractivity (Wildman–Crippen MR) is 122 cm³/mol. The monoisotopic (exact) mass is 522 g/mol. The number of rotatable bonds is 8. The SMILES string of the molecule is CCCc1ccc(C2CCC(C=Cc3ccc(OC(F)(F)C(F)C(F)(F)F)c(Cl)c3)CC2)c(F)c1. The maximum Gasteiger partial charge on any atom is 0.439 e. The van der Waals surface area contributed by atoms with Gasteiger partial charge in [0.1, 0.15) is 11.6 Å². The Kier molecular flexibility index (Phi) is 8.78. The van der Waals surface area contributed by atoms with E-state index in [4.69, 9.17) is 11.6 Å². The largest absolute Gasteiger partial charge is 0.439 e. The molecule has 0 radical (unpaired) electrons. The fourth-order valence-corrected chi connectivity index (χ4v) is 4.54. The molecule has 1 fully saturated rings. The normalized spacial score (nSPS) is 20.3. The lowest BCUT2D eigenvalue weighted by Gasteiger charge is -2.27. The Morgan fingerprint density at radius 2 is 1.71 bits per heavy atom. The van der Waals surface area contributed by atoms with Gasteiger partial charge in [-0.1, -0.05) is 55.3 Å². The first kappa shape index (κ1) is 27.4. The van der Waals surface area contributed by atoms with Gasteiger partial charge in [0.25, 0.3) is 6.17 Å². The van der Waals surface area contributed by atoms with E-state index < -0.39 is 24.2 Å². The van der Waals surface area contributed by atoms with E-state index in [2.05, 4.69) is 11.7 Å². The van der Waals surface area contributed by atoms with Crippen molar-refractivity contribution in [3.05, 3.63) is 70.0 Å². The molecular formula is C26H26ClF7O. The lowest BCUT2D eigenvalue weighted by atomic mass is 9.78. The van der Waals surface area contributed by atoms with E-state index in [0.717, 1.165) is 55.7 Å². The zero-order chi connectivity index (χ0) is 25.8. The summed E-state index contributed by atoms with van der Waals surface area (Å²) >= 11 is 5.88. The van der Waals surface area contributed by atoms with Crippen LogP contribution in [0.5, 0.6) is 5.75 Å². The molecule has 0 spiro atoms. The molecule has 0 aromatic heterocycles. The Hall–Kier alpha value is -2.22. The van der Waals surface area contributed by atoms with Crippen LogP contribution < -0.4 is 4.74 Å². The van der Waals surface area contributed by atoms with Crippen molar-refractivity contribution in [2.24, 2.45) is 5.92 Å². The van der Waals surface area contributed by atoms with E-state index in [9.17, 15) is 30.7 Å². The molecule has 192 valence electrons. The summed E-state index contributed by atoms with van der Waals surface area (Å²) in [5.41, 5.74) is 2.26. The molecule has 0 bridgehead atoms. The molecule has 0 saturated heterocycles. The minimum Gasteiger partial charge on any atom is -0.429 e. The number of aryl methyl sites for hydroxylation is 1. The number of alkyl halides is 6. The quantitative estimate of drug-likeness (QED) is 0.314. The summed E-state index contributed by atoms with van der Waals surface area (Å²) in [6, 6.07) is 9.06. The second-order valence-electron chi connectivity index (χ2n) is 8.83. The van der Waals surface area contributed by atoms with Crippen LogP contribution in [0, 0.1) is 11.7 Å². The molecule has 2 aromatic carbocycles. The van der Waals surface area contributed by atoms with E-state index in [1.54, 1.807) is 12.1 Å². The van der Waals surface area contributed by atoms with Crippen molar-refractivity contribution in [3.63, 3.8) is 0 Å². The predicted octanol–water partition coefficient (Wildman–Crippen LogP) is 9.29. The number of hydrogen-bond acceptors (Lipinski definition) is 1. The zero-order valence-electron chi connectivity index (χ0n) is 19.0. The van der Waals surface area contributed by atoms with Gasteiger partial charge >= 0.3 is 12.3 Å². The van der Waals surface area contributed by atoms with Crippen molar-refractivity contribution < 1.29 is 35.5 Å². The molecule has 0 heterocycles. The van der Waals surface area contributed by atoms with Crippen LogP contribution in [-0.2, 0) is 6.42 Å². The molecule has 3 rings (SSSR count). The van der Waals surface area contributed by atoms with Crippen LogP contribution in [0.1, 0.15) is 61.6 Å². The van der Waals surface area contributed by atoms with Crippen LogP contribution in [-0.4, -0.2) is 18.5 Å². The van der Waals surface area contributed by atoms with Gasteiger partial charge in [0.2, 0.25) is 0 Å². The van der Waals surface area contributed by atoms with Gasteiger partial charge < -0.3 is 4.74 Å². The Morgan fingerprint density at radius 1 is 1.03 bits per heavy atom. The number of hydrogen-bond donors (Lipinski definition) is 0. The first-order valence-electron chi connectivity index (χ1n) is 11.4. The molecular weight excluding hydrogens is 497 g/mol. The van der Waals surface area contributed by atoms with Crippen LogP contribution in [0.15, 0.2) is 42.5 Å². The Bertz CT molecular complexity index is 1030. The van der Waals surface area contributed by atoms with Gasteiger partial charge in [0.05, 0.1) is 5.02 Å². The minimum absolute atomic E-state index is 0.152. The molecule has 1 aliphatic rings. The van der Waals surface area contributed by atoms with Crippen LogP contribution in [0.2, 0.25) is 5.02 Å². The van der Waals surface area contributed by atoms with Crippen molar-refractivity contribution in [2.75, 3.05) is 0 Å². The smallest absolute Gasteiger partial charge is 0.429 e. The summed E-state index contributed by atoms with van der Waals surface area (Å²) in [5.74, 6) is -0.536. The van der Waals surface area contributed by atoms with Crippen molar-refractivity contribution >= 4 is 17.7 Å². The summed E-state index contributed by atoms with van der Waals surface area (Å²) in [4.78, 5) is 0. The molecule has 1 nitrogen and oxygen atoms in total. The van der Waals surface area contributed by atoms with Crippen LogP contribution >= 0.6 is 11.6 Å². The van der Waals surface area contributed by atoms with Crippen molar-refractivity contribution in [1.82, 2.24) is 0 Å². The van der Waals surface area contributed by atoms with Gasteiger partial charge in [0, 0.05) is 0 Å². The molecule has 9 heteroatoms. The summed E-state index contributed by atoms with van der Waals surface area (Å²) in [7, 11) is 0. The van der Waals surface area contributed by atoms with Crippen LogP contribution in [0.4, 0.5) is 30.7 Å². The summed E-state index contributed by atoms with van der Waals surface area (Å²) < 4.78 is 95.3. The second-order valence-corrected chi connectivity index (χ2v) is 9.24. The Labute approximate surface area is 204 Å². The number of allylic oxidation sites excluding steroid dienone is 1. The second kappa shape index (κ2) is 11.2. The van der Waals surface area contributed by atoms with Gasteiger partial charge in [-0.15, -0.1) is 0 Å². The van der Waals surface area contributed by atoms with Crippen LogP contribution in [0.25, 0.3) is 6.08 Å². The van der Waals surface area contributed by atoms with Gasteiger partial charge in [-0.25, -0.2) is 8.78 Å². The zero-order valence-corrected chi connectivity index (χ0v) is 19.8. The molecule has 1 unspecified atom stereocenters. The molecule has 0 aliphatic heterocycles. The fourth-order valence-electron chi connectivity index (χ4n) is 4.31. The molecule has 2 aromatic rings.